The van der Waals surface area contributed by atoms with Gasteiger partial charge in [-0.1, -0.05) is 43.9 Å². The molecule has 0 atom stereocenters. The predicted molar refractivity (Wildman–Crippen MR) is 100 cm³/mol. The molecule has 25 heavy (non-hydrogen) atoms. The van der Waals surface area contributed by atoms with E-state index in [4.69, 9.17) is 0 Å². The number of rotatable bonds is 5. The van der Waals surface area contributed by atoms with E-state index < -0.39 is 0 Å². The number of carbonyl (C=O) groups is 1. The molecule has 1 heterocycles. The Hall–Kier alpha value is -2.14. The van der Waals surface area contributed by atoms with E-state index in [1.165, 1.54) is 25.7 Å². The molecule has 0 spiro atoms. The van der Waals surface area contributed by atoms with Crippen LogP contribution >= 0.6 is 0 Å². The molecule has 1 aromatic carbocycles. The third kappa shape index (κ3) is 4.10. The van der Waals surface area contributed by atoms with Gasteiger partial charge in [0, 0.05) is 18.3 Å². The summed E-state index contributed by atoms with van der Waals surface area (Å²) in [6.07, 6.45) is 10.8. The molecule has 0 aliphatic heterocycles. The fraction of sp³-hybridized carbons (Fsp3) is 0.500. The van der Waals surface area contributed by atoms with E-state index in [-0.39, 0.29) is 11.4 Å². The van der Waals surface area contributed by atoms with Gasteiger partial charge in [-0.05, 0) is 39.1 Å². The summed E-state index contributed by atoms with van der Waals surface area (Å²) in [5.74, 6) is -0.0485. The Balaban J connectivity index is 1.66. The maximum Gasteiger partial charge on any atom is 0.254 e. The minimum Gasteiger partial charge on any atom is -0.350 e. The van der Waals surface area contributed by atoms with Crippen LogP contribution < -0.4 is 5.32 Å². The minimum atomic E-state index is -0.0485. The Morgan fingerprint density at radius 3 is 2.48 bits per heavy atom. The van der Waals surface area contributed by atoms with Crippen LogP contribution in [0.25, 0.3) is 5.69 Å². The highest BCUT2D eigenvalue weighted by Crippen LogP contribution is 2.30. The van der Waals surface area contributed by atoms with E-state index in [1.54, 1.807) is 17.1 Å². The lowest BCUT2D eigenvalue weighted by Gasteiger charge is -2.39. The first-order valence-electron chi connectivity index (χ1n) is 9.16. The maximum atomic E-state index is 12.6. The van der Waals surface area contributed by atoms with Crippen molar-refractivity contribution in [2.75, 3.05) is 20.6 Å². The lowest BCUT2D eigenvalue weighted by atomic mass is 9.88. The highest BCUT2D eigenvalue weighted by atomic mass is 16.1. The van der Waals surface area contributed by atoms with E-state index in [1.807, 2.05) is 30.3 Å². The Labute approximate surface area is 150 Å². The number of amides is 1. The predicted octanol–water partition coefficient (Wildman–Crippen LogP) is 3.26. The summed E-state index contributed by atoms with van der Waals surface area (Å²) in [4.78, 5) is 14.9. The topological polar surface area (TPSA) is 50.2 Å². The smallest absolute Gasteiger partial charge is 0.254 e. The number of benzene rings is 1. The largest absolute Gasteiger partial charge is 0.350 e. The molecule has 1 N–H and O–H groups in total. The number of hydrogen-bond acceptors (Lipinski definition) is 3. The second kappa shape index (κ2) is 7.83. The van der Waals surface area contributed by atoms with Gasteiger partial charge in [0.15, 0.2) is 0 Å². The molecule has 0 radical (unpaired) electrons. The highest BCUT2D eigenvalue weighted by molar-refractivity contribution is 5.93. The van der Waals surface area contributed by atoms with Crippen LogP contribution in [0.1, 0.15) is 48.9 Å². The molecule has 1 aromatic heterocycles. The molecule has 5 nitrogen and oxygen atoms in total. The molecule has 1 amide bonds. The SMILES string of the molecule is CN(C)C1(CNC(=O)c2cnn(-c3ccccc3)c2)CCCCCC1. The third-order valence-electron chi connectivity index (χ3n) is 5.43. The number of aromatic nitrogens is 2. The van der Waals surface area contributed by atoms with Crippen LogP contribution in [0.5, 0.6) is 0 Å². The average molecular weight is 340 g/mol. The molecular formula is C20H28N4O. The second-order valence-electron chi connectivity index (χ2n) is 7.22. The number of likely N-dealkylation sites (N-methyl/N-ethyl adjacent to an activating group) is 1. The maximum absolute atomic E-state index is 12.6. The van der Waals surface area contributed by atoms with Crippen LogP contribution in [-0.4, -0.2) is 46.8 Å². The molecule has 134 valence electrons. The molecule has 1 aliphatic carbocycles. The quantitative estimate of drug-likeness (QED) is 0.850. The van der Waals surface area contributed by atoms with Crippen LogP contribution in [0, 0.1) is 0 Å². The molecule has 1 saturated carbocycles. The fourth-order valence-corrected chi connectivity index (χ4v) is 3.68. The zero-order valence-corrected chi connectivity index (χ0v) is 15.2. The molecule has 1 aliphatic rings. The van der Waals surface area contributed by atoms with Crippen molar-refractivity contribution in [3.63, 3.8) is 0 Å². The van der Waals surface area contributed by atoms with Crippen LogP contribution in [0.3, 0.4) is 0 Å². The van der Waals surface area contributed by atoms with Crippen molar-refractivity contribution >= 4 is 5.91 Å². The van der Waals surface area contributed by atoms with Gasteiger partial charge in [0.1, 0.15) is 0 Å². The Morgan fingerprint density at radius 2 is 1.84 bits per heavy atom. The first-order valence-corrected chi connectivity index (χ1v) is 9.16. The fourth-order valence-electron chi connectivity index (χ4n) is 3.68. The molecule has 0 bridgehead atoms. The lowest BCUT2D eigenvalue weighted by Crippen LogP contribution is -2.52. The van der Waals surface area contributed by atoms with Gasteiger partial charge in [0.05, 0.1) is 17.4 Å². The summed E-state index contributed by atoms with van der Waals surface area (Å²) in [5.41, 5.74) is 1.63. The third-order valence-corrected chi connectivity index (χ3v) is 5.43. The van der Waals surface area contributed by atoms with Gasteiger partial charge in [-0.15, -0.1) is 0 Å². The molecule has 5 heteroatoms. The van der Waals surface area contributed by atoms with Crippen molar-refractivity contribution in [3.05, 3.63) is 48.3 Å². The molecular weight excluding hydrogens is 312 g/mol. The normalized spacial score (nSPS) is 17.2. The Kier molecular flexibility index (Phi) is 5.53. The summed E-state index contributed by atoms with van der Waals surface area (Å²) >= 11 is 0. The summed E-state index contributed by atoms with van der Waals surface area (Å²) in [6.45, 7) is 0.690. The summed E-state index contributed by atoms with van der Waals surface area (Å²) < 4.78 is 1.74. The first kappa shape index (κ1) is 17.7. The van der Waals surface area contributed by atoms with E-state index in [2.05, 4.69) is 29.4 Å². The van der Waals surface area contributed by atoms with Crippen molar-refractivity contribution in [2.45, 2.75) is 44.1 Å². The first-order chi connectivity index (χ1) is 12.1. The summed E-state index contributed by atoms with van der Waals surface area (Å²) in [6, 6.07) is 9.84. The van der Waals surface area contributed by atoms with E-state index >= 15 is 0 Å². The summed E-state index contributed by atoms with van der Waals surface area (Å²) in [5, 5.41) is 7.46. The second-order valence-corrected chi connectivity index (χ2v) is 7.22. The van der Waals surface area contributed by atoms with E-state index in [9.17, 15) is 4.79 Å². The van der Waals surface area contributed by atoms with Gasteiger partial charge in [-0.25, -0.2) is 4.68 Å². The summed E-state index contributed by atoms with van der Waals surface area (Å²) in [7, 11) is 4.26. The van der Waals surface area contributed by atoms with Gasteiger partial charge in [-0.3, -0.25) is 4.79 Å². The zero-order chi connectivity index (χ0) is 17.7. The van der Waals surface area contributed by atoms with Crippen molar-refractivity contribution in [1.82, 2.24) is 20.0 Å². The number of para-hydroxylation sites is 1. The Morgan fingerprint density at radius 1 is 1.16 bits per heavy atom. The van der Waals surface area contributed by atoms with Crippen LogP contribution in [0.15, 0.2) is 42.7 Å². The minimum absolute atomic E-state index is 0.0485. The highest BCUT2D eigenvalue weighted by Gasteiger charge is 2.33. The standard InChI is InChI=1S/C20H28N4O/c1-23(2)20(12-8-3-4-9-13-20)16-21-19(25)17-14-22-24(15-17)18-10-6-5-7-11-18/h5-7,10-11,14-15H,3-4,8-9,12-13,16H2,1-2H3,(H,21,25). The monoisotopic (exact) mass is 340 g/mol. The number of nitrogens with one attached hydrogen (secondary N) is 1. The Bertz CT molecular complexity index is 685. The van der Waals surface area contributed by atoms with Crippen LogP contribution in [0.4, 0.5) is 0 Å². The van der Waals surface area contributed by atoms with Gasteiger partial charge in [-0.2, -0.15) is 5.10 Å². The lowest BCUT2D eigenvalue weighted by molar-refractivity contribution is 0.0869. The molecule has 0 unspecified atom stereocenters. The van der Waals surface area contributed by atoms with Gasteiger partial charge >= 0.3 is 0 Å². The van der Waals surface area contributed by atoms with E-state index in [0.29, 0.717) is 12.1 Å². The van der Waals surface area contributed by atoms with Crippen molar-refractivity contribution < 1.29 is 4.79 Å². The molecule has 0 saturated heterocycles. The number of hydrogen-bond donors (Lipinski definition) is 1. The van der Waals surface area contributed by atoms with Gasteiger partial charge in [0.2, 0.25) is 0 Å². The van der Waals surface area contributed by atoms with Crippen molar-refractivity contribution in [3.8, 4) is 5.69 Å². The molecule has 1 fully saturated rings. The van der Waals surface area contributed by atoms with Gasteiger partial charge < -0.3 is 10.2 Å². The average Bonchev–Trinajstić information content (AvgIpc) is 3.00. The molecule has 2 aromatic rings. The van der Waals surface area contributed by atoms with Gasteiger partial charge in [0.25, 0.3) is 5.91 Å². The number of carbonyl (C=O) groups excluding carboxylic acids is 1. The number of nitrogens with zero attached hydrogens (tertiary/aromatic N) is 3. The molecule has 3 rings (SSSR count). The van der Waals surface area contributed by atoms with Crippen LogP contribution in [0.2, 0.25) is 0 Å². The van der Waals surface area contributed by atoms with Crippen molar-refractivity contribution in [1.29, 1.82) is 0 Å². The van der Waals surface area contributed by atoms with Crippen LogP contribution in [-0.2, 0) is 0 Å². The van der Waals surface area contributed by atoms with E-state index in [0.717, 1.165) is 18.5 Å². The van der Waals surface area contributed by atoms with Crippen molar-refractivity contribution in [2.24, 2.45) is 0 Å². The zero-order valence-electron chi connectivity index (χ0n) is 15.2.